The van der Waals surface area contributed by atoms with Gasteiger partial charge in [0.25, 0.3) is 0 Å². The molecule has 19 heavy (non-hydrogen) atoms. The molecule has 2 aromatic heterocycles. The number of pyridine rings is 1. The van der Waals surface area contributed by atoms with Gasteiger partial charge in [-0.3, -0.25) is 4.68 Å². The van der Waals surface area contributed by atoms with Crippen molar-refractivity contribution in [1.82, 2.24) is 14.8 Å². The lowest BCUT2D eigenvalue weighted by molar-refractivity contribution is 0.492. The molecule has 0 aromatic carbocycles. The molecule has 0 saturated carbocycles. The Morgan fingerprint density at radius 3 is 2.79 bits per heavy atom. The van der Waals surface area contributed by atoms with Gasteiger partial charge in [0.05, 0.1) is 10.9 Å². The van der Waals surface area contributed by atoms with Crippen molar-refractivity contribution in [3.8, 4) is 0 Å². The first-order valence-electron chi connectivity index (χ1n) is 6.99. The molecule has 1 unspecified atom stereocenters. The van der Waals surface area contributed by atoms with Crippen LogP contribution in [0, 0.1) is 0 Å². The Morgan fingerprint density at radius 2 is 2.11 bits per heavy atom. The molecule has 4 nitrogen and oxygen atoms in total. The minimum Gasteiger partial charge on any atom is -0.355 e. The third-order valence-electron chi connectivity index (χ3n) is 3.95. The summed E-state index contributed by atoms with van der Waals surface area (Å²) in [7, 11) is 0. The van der Waals surface area contributed by atoms with Crippen LogP contribution in [0.25, 0.3) is 10.9 Å². The smallest absolute Gasteiger partial charge is 0.160 e. The molecular formula is C14H19ClN4. The molecule has 3 heterocycles. The molecule has 0 amide bonds. The van der Waals surface area contributed by atoms with Crippen LogP contribution in [0.3, 0.4) is 0 Å². The van der Waals surface area contributed by atoms with Crippen LogP contribution < -0.4 is 4.90 Å². The molecule has 1 aliphatic rings. The van der Waals surface area contributed by atoms with Crippen LogP contribution in [0.15, 0.2) is 12.3 Å². The van der Waals surface area contributed by atoms with Crippen LogP contribution in [0.5, 0.6) is 0 Å². The molecule has 0 N–H and O–H groups in total. The summed E-state index contributed by atoms with van der Waals surface area (Å²) in [5, 5.41) is 6.48. The number of hydrogen-bond donors (Lipinski definition) is 0. The SMILES string of the molecule is CCC(C)n1nc(N2CCCC2)c2cnc(Cl)cc21. The van der Waals surface area contributed by atoms with Crippen LogP contribution in [-0.4, -0.2) is 27.9 Å². The van der Waals surface area contributed by atoms with Crippen molar-refractivity contribution in [2.45, 2.75) is 39.2 Å². The van der Waals surface area contributed by atoms with Gasteiger partial charge < -0.3 is 4.90 Å². The predicted molar refractivity (Wildman–Crippen MR) is 79.0 cm³/mol. The number of anilines is 1. The van der Waals surface area contributed by atoms with Crippen molar-refractivity contribution >= 4 is 28.3 Å². The number of halogens is 1. The highest BCUT2D eigenvalue weighted by atomic mass is 35.5. The van der Waals surface area contributed by atoms with E-state index in [0.717, 1.165) is 36.2 Å². The van der Waals surface area contributed by atoms with Crippen molar-refractivity contribution in [2.75, 3.05) is 18.0 Å². The minimum absolute atomic E-state index is 0.373. The molecule has 0 spiro atoms. The number of hydrogen-bond acceptors (Lipinski definition) is 3. The summed E-state index contributed by atoms with van der Waals surface area (Å²) in [5.74, 6) is 1.07. The van der Waals surface area contributed by atoms with Crippen molar-refractivity contribution in [3.05, 3.63) is 17.4 Å². The highest BCUT2D eigenvalue weighted by Gasteiger charge is 2.21. The number of aromatic nitrogens is 3. The van der Waals surface area contributed by atoms with Crippen molar-refractivity contribution in [3.63, 3.8) is 0 Å². The highest BCUT2D eigenvalue weighted by molar-refractivity contribution is 6.30. The number of nitrogens with zero attached hydrogens (tertiary/aromatic N) is 4. The zero-order valence-corrected chi connectivity index (χ0v) is 12.2. The maximum atomic E-state index is 6.04. The molecule has 0 aliphatic carbocycles. The molecular weight excluding hydrogens is 260 g/mol. The number of fused-ring (bicyclic) bond motifs is 1. The first kappa shape index (κ1) is 12.7. The predicted octanol–water partition coefficient (Wildman–Crippen LogP) is 3.66. The molecule has 0 radical (unpaired) electrons. The quantitative estimate of drug-likeness (QED) is 0.804. The van der Waals surface area contributed by atoms with Crippen LogP contribution in [0.2, 0.25) is 5.15 Å². The van der Waals surface area contributed by atoms with Gasteiger partial charge in [0.2, 0.25) is 0 Å². The van der Waals surface area contributed by atoms with E-state index in [1.165, 1.54) is 12.8 Å². The second kappa shape index (κ2) is 5.00. The van der Waals surface area contributed by atoms with E-state index < -0.39 is 0 Å². The Morgan fingerprint density at radius 1 is 1.37 bits per heavy atom. The standard InChI is InChI=1S/C14H19ClN4/c1-3-10(2)19-12-8-13(15)16-9-11(12)14(17-19)18-6-4-5-7-18/h8-10H,3-7H2,1-2H3. The van der Waals surface area contributed by atoms with E-state index in [1.54, 1.807) is 0 Å². The zero-order chi connectivity index (χ0) is 13.4. The summed E-state index contributed by atoms with van der Waals surface area (Å²) in [4.78, 5) is 6.58. The molecule has 1 atom stereocenters. The third-order valence-corrected chi connectivity index (χ3v) is 4.16. The fourth-order valence-corrected chi connectivity index (χ4v) is 2.82. The molecule has 5 heteroatoms. The van der Waals surface area contributed by atoms with Gasteiger partial charge in [-0.2, -0.15) is 5.10 Å². The van der Waals surface area contributed by atoms with Gasteiger partial charge in [0, 0.05) is 31.4 Å². The topological polar surface area (TPSA) is 34.0 Å². The lowest BCUT2D eigenvalue weighted by Gasteiger charge is -2.14. The molecule has 2 aromatic rings. The largest absolute Gasteiger partial charge is 0.355 e. The first-order chi connectivity index (χ1) is 9.20. The average Bonchev–Trinajstić information content (AvgIpc) is 3.03. The first-order valence-corrected chi connectivity index (χ1v) is 7.37. The van der Waals surface area contributed by atoms with Crippen molar-refractivity contribution in [1.29, 1.82) is 0 Å². The fourth-order valence-electron chi connectivity index (χ4n) is 2.66. The fraction of sp³-hybridized carbons (Fsp3) is 0.571. The summed E-state index contributed by atoms with van der Waals surface area (Å²) in [6.07, 6.45) is 5.41. The lowest BCUT2D eigenvalue weighted by atomic mass is 10.2. The lowest BCUT2D eigenvalue weighted by Crippen LogP contribution is -2.19. The zero-order valence-electron chi connectivity index (χ0n) is 11.4. The summed E-state index contributed by atoms with van der Waals surface area (Å²) < 4.78 is 2.09. The Balaban J connectivity index is 2.16. The summed E-state index contributed by atoms with van der Waals surface area (Å²) in [6, 6.07) is 2.30. The third kappa shape index (κ3) is 2.18. The van der Waals surface area contributed by atoms with E-state index in [9.17, 15) is 0 Å². The van der Waals surface area contributed by atoms with E-state index in [-0.39, 0.29) is 0 Å². The van der Waals surface area contributed by atoms with E-state index in [1.807, 2.05) is 12.3 Å². The summed E-state index contributed by atoms with van der Waals surface area (Å²) in [5.41, 5.74) is 1.09. The second-order valence-corrected chi connectivity index (χ2v) is 5.63. The van der Waals surface area contributed by atoms with E-state index in [2.05, 4.69) is 28.4 Å². The molecule has 102 valence electrons. The van der Waals surface area contributed by atoms with Gasteiger partial charge >= 0.3 is 0 Å². The van der Waals surface area contributed by atoms with Crippen LogP contribution in [0.4, 0.5) is 5.82 Å². The van der Waals surface area contributed by atoms with E-state index in [0.29, 0.717) is 11.2 Å². The maximum absolute atomic E-state index is 6.04. The van der Waals surface area contributed by atoms with E-state index >= 15 is 0 Å². The molecule has 1 aliphatic heterocycles. The Bertz CT molecular complexity index is 586. The Labute approximate surface area is 118 Å². The van der Waals surface area contributed by atoms with Gasteiger partial charge in [-0.05, 0) is 26.2 Å². The monoisotopic (exact) mass is 278 g/mol. The summed E-state index contributed by atoms with van der Waals surface area (Å²) >= 11 is 6.04. The minimum atomic E-state index is 0.373. The molecule has 1 saturated heterocycles. The van der Waals surface area contributed by atoms with Gasteiger partial charge in [0.1, 0.15) is 5.15 Å². The van der Waals surface area contributed by atoms with Gasteiger partial charge in [0.15, 0.2) is 5.82 Å². The molecule has 0 bridgehead atoms. The van der Waals surface area contributed by atoms with Gasteiger partial charge in [-0.15, -0.1) is 0 Å². The average molecular weight is 279 g/mol. The Hall–Kier alpha value is -1.29. The highest BCUT2D eigenvalue weighted by Crippen LogP contribution is 2.31. The van der Waals surface area contributed by atoms with Crippen molar-refractivity contribution in [2.24, 2.45) is 0 Å². The normalized spacial score (nSPS) is 17.3. The van der Waals surface area contributed by atoms with Crippen molar-refractivity contribution < 1.29 is 0 Å². The van der Waals surface area contributed by atoms with Gasteiger partial charge in [-0.25, -0.2) is 4.98 Å². The Kier molecular flexibility index (Phi) is 3.35. The van der Waals surface area contributed by atoms with Crippen LogP contribution in [-0.2, 0) is 0 Å². The van der Waals surface area contributed by atoms with Gasteiger partial charge in [-0.1, -0.05) is 18.5 Å². The van der Waals surface area contributed by atoms with Crippen LogP contribution in [0.1, 0.15) is 39.2 Å². The number of rotatable bonds is 3. The molecule has 1 fully saturated rings. The van der Waals surface area contributed by atoms with E-state index in [4.69, 9.17) is 16.7 Å². The second-order valence-electron chi connectivity index (χ2n) is 5.24. The molecule has 3 rings (SSSR count). The van der Waals surface area contributed by atoms with Crippen LogP contribution >= 0.6 is 11.6 Å². The maximum Gasteiger partial charge on any atom is 0.160 e. The summed E-state index contributed by atoms with van der Waals surface area (Å²) in [6.45, 7) is 6.55.